The fourth-order valence-electron chi connectivity index (χ4n) is 2.94. The van der Waals surface area contributed by atoms with Crippen LogP contribution in [0.2, 0.25) is 0 Å². The molecular formula is C19H20F3N3S. The summed E-state index contributed by atoms with van der Waals surface area (Å²) in [6, 6.07) is 15.5. The van der Waals surface area contributed by atoms with Gasteiger partial charge in [-0.3, -0.25) is 4.90 Å². The number of alkyl halides is 3. The fourth-order valence-corrected chi connectivity index (χ4v) is 3.17. The van der Waals surface area contributed by atoms with Crippen molar-refractivity contribution in [2.45, 2.75) is 19.0 Å². The van der Waals surface area contributed by atoms with E-state index in [0.717, 1.165) is 31.5 Å². The highest BCUT2D eigenvalue weighted by Crippen LogP contribution is 2.32. The van der Waals surface area contributed by atoms with Crippen LogP contribution in [0, 0.1) is 0 Å². The molecule has 1 fully saturated rings. The molecule has 1 aliphatic rings. The van der Waals surface area contributed by atoms with Gasteiger partial charge in [0, 0.05) is 12.2 Å². The van der Waals surface area contributed by atoms with E-state index in [1.54, 1.807) is 11.0 Å². The molecule has 0 aromatic heterocycles. The largest absolute Gasteiger partial charge is 0.416 e. The highest BCUT2D eigenvalue weighted by Gasteiger charge is 2.31. The molecule has 2 aromatic carbocycles. The van der Waals surface area contributed by atoms with E-state index in [-0.39, 0.29) is 0 Å². The lowest BCUT2D eigenvalue weighted by Gasteiger charge is -2.38. The average Bonchev–Trinajstić information content (AvgIpc) is 2.63. The Bertz CT molecular complexity index is 749. The zero-order valence-electron chi connectivity index (χ0n) is 14.2. The number of aryl methyl sites for hydroxylation is 1. The maximum absolute atomic E-state index is 13.0. The van der Waals surface area contributed by atoms with E-state index in [1.807, 2.05) is 18.2 Å². The van der Waals surface area contributed by atoms with Gasteiger partial charge in [-0.15, -0.1) is 0 Å². The second-order valence-corrected chi connectivity index (χ2v) is 6.63. The molecule has 1 heterocycles. The lowest BCUT2D eigenvalue weighted by atomic mass is 10.1. The topological polar surface area (TPSA) is 18.5 Å². The lowest BCUT2D eigenvalue weighted by Crippen LogP contribution is -2.56. The van der Waals surface area contributed by atoms with Crippen LogP contribution in [0.1, 0.15) is 17.5 Å². The molecule has 0 unspecified atom stereocenters. The van der Waals surface area contributed by atoms with E-state index in [9.17, 15) is 13.2 Å². The fraction of sp³-hybridized carbons (Fsp3) is 0.316. The third kappa shape index (κ3) is 4.74. The quantitative estimate of drug-likeness (QED) is 0.783. The van der Waals surface area contributed by atoms with Crippen molar-refractivity contribution in [2.75, 3.05) is 24.8 Å². The number of benzene rings is 2. The Balaban J connectivity index is 1.62. The van der Waals surface area contributed by atoms with E-state index >= 15 is 0 Å². The van der Waals surface area contributed by atoms with Crippen molar-refractivity contribution < 1.29 is 13.2 Å². The van der Waals surface area contributed by atoms with Crippen LogP contribution in [-0.4, -0.2) is 29.9 Å². The molecule has 1 aliphatic heterocycles. The average molecular weight is 379 g/mol. The number of hydrogen-bond acceptors (Lipinski definition) is 2. The Kier molecular flexibility index (Phi) is 5.78. The number of rotatable bonds is 5. The molecule has 0 atom stereocenters. The van der Waals surface area contributed by atoms with Crippen LogP contribution in [0.15, 0.2) is 54.6 Å². The molecule has 7 heteroatoms. The molecule has 1 N–H and O–H groups in total. The Morgan fingerprint density at radius 1 is 1.04 bits per heavy atom. The highest BCUT2D eigenvalue weighted by atomic mass is 32.1. The Hall–Kier alpha value is -2.12. The van der Waals surface area contributed by atoms with Crippen LogP contribution in [-0.2, 0) is 12.6 Å². The van der Waals surface area contributed by atoms with Crippen LogP contribution in [0.3, 0.4) is 0 Å². The Morgan fingerprint density at radius 3 is 2.54 bits per heavy atom. The minimum absolute atomic E-state index is 0.448. The summed E-state index contributed by atoms with van der Waals surface area (Å²) in [6.07, 6.45) is -2.43. The van der Waals surface area contributed by atoms with E-state index in [4.69, 9.17) is 12.2 Å². The molecule has 0 aliphatic carbocycles. The van der Waals surface area contributed by atoms with Crippen molar-refractivity contribution in [3.8, 4) is 0 Å². The molecule has 26 heavy (non-hydrogen) atoms. The predicted molar refractivity (Wildman–Crippen MR) is 101 cm³/mol. The van der Waals surface area contributed by atoms with Gasteiger partial charge in [0.2, 0.25) is 0 Å². The number of nitrogens with one attached hydrogen (secondary N) is 1. The maximum Gasteiger partial charge on any atom is 0.416 e. The molecule has 0 spiro atoms. The van der Waals surface area contributed by atoms with Crippen molar-refractivity contribution in [3.05, 3.63) is 65.7 Å². The number of nitrogens with zero attached hydrogens (tertiary/aromatic N) is 2. The van der Waals surface area contributed by atoms with Gasteiger partial charge >= 0.3 is 6.18 Å². The molecule has 3 nitrogen and oxygen atoms in total. The van der Waals surface area contributed by atoms with E-state index in [1.165, 1.54) is 11.6 Å². The van der Waals surface area contributed by atoms with Gasteiger partial charge in [-0.25, -0.2) is 0 Å². The SMILES string of the molecule is FC(F)(F)c1cccc(N2CN(CCCc3ccccc3)CNC2=S)c1. The number of hydrogen-bond donors (Lipinski definition) is 1. The number of anilines is 1. The number of halogens is 3. The molecule has 3 rings (SSSR count). The summed E-state index contributed by atoms with van der Waals surface area (Å²) in [4.78, 5) is 3.84. The maximum atomic E-state index is 13.0. The van der Waals surface area contributed by atoms with Crippen LogP contribution in [0.5, 0.6) is 0 Å². The summed E-state index contributed by atoms with van der Waals surface area (Å²) >= 11 is 5.29. The van der Waals surface area contributed by atoms with Crippen LogP contribution < -0.4 is 10.2 Å². The summed E-state index contributed by atoms with van der Waals surface area (Å²) < 4.78 is 38.9. The second-order valence-electron chi connectivity index (χ2n) is 6.24. The first-order valence-electron chi connectivity index (χ1n) is 8.42. The second kappa shape index (κ2) is 8.05. The zero-order valence-corrected chi connectivity index (χ0v) is 15.0. The normalized spacial score (nSPS) is 15.8. The minimum Gasteiger partial charge on any atom is -0.349 e. The van der Waals surface area contributed by atoms with Gasteiger partial charge < -0.3 is 10.2 Å². The first-order chi connectivity index (χ1) is 12.4. The molecule has 0 saturated carbocycles. The van der Waals surface area contributed by atoms with Crippen molar-refractivity contribution in [1.29, 1.82) is 0 Å². The van der Waals surface area contributed by atoms with Crippen molar-refractivity contribution in [1.82, 2.24) is 10.2 Å². The lowest BCUT2D eigenvalue weighted by molar-refractivity contribution is -0.137. The van der Waals surface area contributed by atoms with Crippen LogP contribution >= 0.6 is 12.2 Å². The summed E-state index contributed by atoms with van der Waals surface area (Å²) in [5.41, 5.74) is 1.06. The van der Waals surface area contributed by atoms with Gasteiger partial charge in [-0.2, -0.15) is 13.2 Å². The molecule has 2 aromatic rings. The zero-order chi connectivity index (χ0) is 18.6. The van der Waals surface area contributed by atoms with E-state index in [2.05, 4.69) is 22.3 Å². The molecular weight excluding hydrogens is 359 g/mol. The molecule has 0 bridgehead atoms. The van der Waals surface area contributed by atoms with Crippen molar-refractivity contribution in [2.24, 2.45) is 0 Å². The van der Waals surface area contributed by atoms with Crippen molar-refractivity contribution in [3.63, 3.8) is 0 Å². The first-order valence-corrected chi connectivity index (χ1v) is 8.83. The molecule has 138 valence electrons. The third-order valence-electron chi connectivity index (χ3n) is 4.31. The highest BCUT2D eigenvalue weighted by molar-refractivity contribution is 7.80. The van der Waals surface area contributed by atoms with Gasteiger partial charge in [-0.05, 0) is 48.8 Å². The summed E-state index contributed by atoms with van der Waals surface area (Å²) in [5, 5.41) is 3.54. The summed E-state index contributed by atoms with van der Waals surface area (Å²) in [5.74, 6) is 0. The van der Waals surface area contributed by atoms with Gasteiger partial charge in [0.05, 0.1) is 18.9 Å². The standard InChI is InChI=1S/C19H20F3N3S/c20-19(21,22)16-9-4-10-17(12-16)25-14-24(13-23-18(25)26)11-5-8-15-6-2-1-3-7-15/h1-4,6-7,9-10,12H,5,8,11,13-14H2,(H,23,26). The van der Waals surface area contributed by atoms with Gasteiger partial charge in [0.25, 0.3) is 0 Å². The molecule has 0 amide bonds. The molecule has 1 saturated heterocycles. The Morgan fingerprint density at radius 2 is 1.81 bits per heavy atom. The van der Waals surface area contributed by atoms with Crippen LogP contribution in [0.25, 0.3) is 0 Å². The van der Waals surface area contributed by atoms with Gasteiger partial charge in [0.15, 0.2) is 5.11 Å². The monoisotopic (exact) mass is 379 g/mol. The predicted octanol–water partition coefficient (Wildman–Crippen LogP) is 4.25. The van der Waals surface area contributed by atoms with Gasteiger partial charge in [-0.1, -0.05) is 36.4 Å². The van der Waals surface area contributed by atoms with E-state index in [0.29, 0.717) is 24.1 Å². The molecule has 0 radical (unpaired) electrons. The summed E-state index contributed by atoms with van der Waals surface area (Å²) in [6.45, 7) is 1.91. The number of thiocarbonyl (C=S) groups is 1. The third-order valence-corrected chi connectivity index (χ3v) is 4.67. The first kappa shape index (κ1) is 18.7. The minimum atomic E-state index is -4.36. The Labute approximate surface area is 156 Å². The summed E-state index contributed by atoms with van der Waals surface area (Å²) in [7, 11) is 0. The van der Waals surface area contributed by atoms with E-state index < -0.39 is 11.7 Å². The smallest absolute Gasteiger partial charge is 0.349 e. The van der Waals surface area contributed by atoms with Gasteiger partial charge in [0.1, 0.15) is 0 Å². The van der Waals surface area contributed by atoms with Crippen molar-refractivity contribution >= 4 is 23.0 Å². The van der Waals surface area contributed by atoms with Crippen LogP contribution in [0.4, 0.5) is 18.9 Å².